The van der Waals surface area contributed by atoms with E-state index in [1.165, 1.54) is 51.4 Å². The van der Waals surface area contributed by atoms with Crippen molar-refractivity contribution in [2.24, 2.45) is 0 Å². The number of likely N-dealkylation sites (N-methyl/N-ethyl adjacent to an activating group) is 1. The first-order valence-corrected chi connectivity index (χ1v) is 17.4. The van der Waals surface area contributed by atoms with Crippen molar-refractivity contribution in [3.05, 3.63) is 24.3 Å². The summed E-state index contributed by atoms with van der Waals surface area (Å²) in [5, 5.41) is 9.54. The quantitative estimate of drug-likeness (QED) is 0.0372. The molecule has 2 atom stereocenters. The van der Waals surface area contributed by atoms with Gasteiger partial charge in [-0.1, -0.05) is 89.5 Å². The first kappa shape index (κ1) is 41.8. The number of carbonyl (C=O) groups is 3. The third-order valence-electron chi connectivity index (χ3n) is 7.59. The van der Waals surface area contributed by atoms with E-state index in [2.05, 4.69) is 32.1 Å². The second-order valence-corrected chi connectivity index (χ2v) is 12.8. The fourth-order valence-electron chi connectivity index (χ4n) is 4.81. The summed E-state index contributed by atoms with van der Waals surface area (Å²) in [6.45, 7) is 4.59. The fourth-order valence-corrected chi connectivity index (χ4v) is 4.81. The number of carboxylic acid groups (broad SMARTS) is 1. The van der Waals surface area contributed by atoms with E-state index in [0.29, 0.717) is 19.3 Å². The summed E-state index contributed by atoms with van der Waals surface area (Å²) < 4.78 is 17.0. The molecule has 0 aliphatic heterocycles. The standard InChI is InChI=1S/C36H65NO7/c1-6-8-10-12-14-16-17-18-19-21-22-24-26-34(38)43-31-32(30-42-29-28-33(36(40)41)37(3,4)5)44-35(39)27-25-23-20-15-13-11-9-7-2/h14,16,20,23,32-33H,6-13,15,17-19,21-22,24-31H2,1-5H3/p+1/b16-14+,23-20+. The number of carboxylic acids is 1. The van der Waals surface area contributed by atoms with Gasteiger partial charge in [-0.25, -0.2) is 4.79 Å². The molecule has 0 aromatic heterocycles. The predicted molar refractivity (Wildman–Crippen MR) is 178 cm³/mol. The number of rotatable bonds is 30. The molecule has 2 unspecified atom stereocenters. The highest BCUT2D eigenvalue weighted by Gasteiger charge is 2.31. The van der Waals surface area contributed by atoms with Crippen LogP contribution in [0.3, 0.4) is 0 Å². The van der Waals surface area contributed by atoms with Crippen molar-refractivity contribution < 1.29 is 38.2 Å². The van der Waals surface area contributed by atoms with Gasteiger partial charge in [0.1, 0.15) is 6.61 Å². The van der Waals surface area contributed by atoms with Crippen LogP contribution in [0.4, 0.5) is 0 Å². The number of esters is 2. The number of nitrogens with zero attached hydrogens (tertiary/aromatic N) is 1. The summed E-state index contributed by atoms with van der Waals surface area (Å²) in [6.07, 6.45) is 26.7. The van der Waals surface area contributed by atoms with Gasteiger partial charge >= 0.3 is 17.9 Å². The van der Waals surface area contributed by atoms with Crippen LogP contribution in [0.2, 0.25) is 0 Å². The van der Waals surface area contributed by atoms with E-state index in [4.69, 9.17) is 14.2 Å². The zero-order valence-electron chi connectivity index (χ0n) is 28.9. The first-order chi connectivity index (χ1) is 21.1. The zero-order valence-corrected chi connectivity index (χ0v) is 28.9. The van der Waals surface area contributed by atoms with Gasteiger partial charge in [-0.3, -0.25) is 9.59 Å². The molecule has 0 saturated heterocycles. The van der Waals surface area contributed by atoms with E-state index in [-0.39, 0.29) is 42.7 Å². The van der Waals surface area contributed by atoms with E-state index in [1.807, 2.05) is 27.2 Å². The minimum absolute atomic E-state index is 0.0445. The minimum atomic E-state index is -0.883. The molecule has 44 heavy (non-hydrogen) atoms. The lowest BCUT2D eigenvalue weighted by atomic mass is 10.1. The maximum absolute atomic E-state index is 12.5. The smallest absolute Gasteiger partial charge is 0.362 e. The lowest BCUT2D eigenvalue weighted by molar-refractivity contribution is -0.887. The summed E-state index contributed by atoms with van der Waals surface area (Å²) >= 11 is 0. The second kappa shape index (κ2) is 28.3. The fraction of sp³-hybridized carbons (Fsp3) is 0.806. The Balaban J connectivity index is 4.50. The third kappa shape index (κ3) is 26.2. The Labute approximate surface area is 269 Å². The van der Waals surface area contributed by atoms with Crippen molar-refractivity contribution in [1.82, 2.24) is 0 Å². The molecule has 256 valence electrons. The van der Waals surface area contributed by atoms with Gasteiger partial charge in [0.2, 0.25) is 0 Å². The molecule has 0 heterocycles. The van der Waals surface area contributed by atoms with Crippen LogP contribution in [0.5, 0.6) is 0 Å². The van der Waals surface area contributed by atoms with Crippen LogP contribution in [0.15, 0.2) is 24.3 Å². The molecule has 0 aliphatic carbocycles. The molecule has 0 amide bonds. The Morgan fingerprint density at radius 2 is 1.18 bits per heavy atom. The Morgan fingerprint density at radius 3 is 1.77 bits per heavy atom. The molecule has 0 radical (unpaired) electrons. The molecule has 0 aliphatic rings. The predicted octanol–water partition coefficient (Wildman–Crippen LogP) is 8.18. The van der Waals surface area contributed by atoms with E-state index < -0.39 is 18.1 Å². The molecule has 1 N–H and O–H groups in total. The molecule has 0 aromatic carbocycles. The third-order valence-corrected chi connectivity index (χ3v) is 7.59. The largest absolute Gasteiger partial charge is 0.477 e. The molecular formula is C36H66NO7+. The second-order valence-electron chi connectivity index (χ2n) is 12.8. The van der Waals surface area contributed by atoms with E-state index in [1.54, 1.807) is 0 Å². The molecular weight excluding hydrogens is 558 g/mol. The van der Waals surface area contributed by atoms with Crippen LogP contribution in [-0.2, 0) is 28.6 Å². The van der Waals surface area contributed by atoms with Crippen molar-refractivity contribution in [2.45, 2.75) is 148 Å². The Morgan fingerprint density at radius 1 is 0.659 bits per heavy atom. The van der Waals surface area contributed by atoms with Crippen molar-refractivity contribution in [1.29, 1.82) is 0 Å². The molecule has 0 saturated carbocycles. The Bertz CT molecular complexity index is 788. The van der Waals surface area contributed by atoms with E-state index >= 15 is 0 Å². The molecule has 0 fully saturated rings. The number of hydrogen-bond acceptors (Lipinski definition) is 6. The normalized spacial score (nSPS) is 13.4. The molecule has 0 rings (SSSR count). The van der Waals surface area contributed by atoms with Crippen molar-refractivity contribution in [3.8, 4) is 0 Å². The van der Waals surface area contributed by atoms with Gasteiger partial charge in [-0.2, -0.15) is 0 Å². The highest BCUT2D eigenvalue weighted by Crippen LogP contribution is 2.12. The molecule has 8 heteroatoms. The SMILES string of the molecule is CCCCC/C=C/CCCCCCCC(=O)OCC(COCCC(C(=O)O)[N+](C)(C)C)OC(=O)CC/C=C/CCCCCC. The average Bonchev–Trinajstić information content (AvgIpc) is 2.96. The van der Waals surface area contributed by atoms with Crippen LogP contribution >= 0.6 is 0 Å². The van der Waals surface area contributed by atoms with Crippen LogP contribution < -0.4 is 0 Å². The molecule has 0 spiro atoms. The highest BCUT2D eigenvalue weighted by atomic mass is 16.6. The number of hydrogen-bond donors (Lipinski definition) is 1. The van der Waals surface area contributed by atoms with Gasteiger partial charge in [-0.15, -0.1) is 0 Å². The van der Waals surface area contributed by atoms with Gasteiger partial charge in [-0.05, 0) is 51.4 Å². The molecule has 8 nitrogen and oxygen atoms in total. The Kier molecular flexibility index (Phi) is 26.9. The van der Waals surface area contributed by atoms with Gasteiger partial charge < -0.3 is 23.8 Å². The summed E-state index contributed by atoms with van der Waals surface area (Å²) in [7, 11) is 5.49. The van der Waals surface area contributed by atoms with E-state index in [9.17, 15) is 19.5 Å². The number of ether oxygens (including phenoxy) is 3. The first-order valence-electron chi connectivity index (χ1n) is 17.4. The monoisotopic (exact) mass is 624 g/mol. The lowest BCUT2D eigenvalue weighted by Crippen LogP contribution is -2.50. The number of unbranched alkanes of at least 4 members (excludes halogenated alkanes) is 12. The van der Waals surface area contributed by atoms with Crippen LogP contribution in [0.1, 0.15) is 136 Å². The zero-order chi connectivity index (χ0) is 32.9. The lowest BCUT2D eigenvalue weighted by Gasteiger charge is -2.31. The minimum Gasteiger partial charge on any atom is -0.477 e. The Hall–Kier alpha value is -2.19. The number of aliphatic carboxylic acids is 1. The summed E-state index contributed by atoms with van der Waals surface area (Å²) in [6, 6.07) is -0.616. The maximum atomic E-state index is 12.5. The van der Waals surface area contributed by atoms with Crippen LogP contribution in [0.25, 0.3) is 0 Å². The molecule has 0 aromatic rings. The van der Waals surface area contributed by atoms with Crippen LogP contribution in [0, 0.1) is 0 Å². The summed E-state index contributed by atoms with van der Waals surface area (Å²) in [5.41, 5.74) is 0. The molecule has 0 bridgehead atoms. The van der Waals surface area contributed by atoms with Gasteiger partial charge in [0, 0.05) is 19.3 Å². The van der Waals surface area contributed by atoms with E-state index in [0.717, 1.165) is 44.9 Å². The average molecular weight is 625 g/mol. The van der Waals surface area contributed by atoms with Gasteiger partial charge in [0.25, 0.3) is 0 Å². The van der Waals surface area contributed by atoms with Crippen LogP contribution in [-0.4, -0.2) is 80.6 Å². The highest BCUT2D eigenvalue weighted by molar-refractivity contribution is 5.72. The summed E-state index contributed by atoms with van der Waals surface area (Å²) in [5.74, 6) is -1.55. The van der Waals surface area contributed by atoms with Gasteiger partial charge in [0.15, 0.2) is 12.1 Å². The van der Waals surface area contributed by atoms with Crippen molar-refractivity contribution in [3.63, 3.8) is 0 Å². The maximum Gasteiger partial charge on any atom is 0.362 e. The summed E-state index contributed by atoms with van der Waals surface area (Å²) in [4.78, 5) is 36.5. The topological polar surface area (TPSA) is 99.1 Å². The number of allylic oxidation sites excluding steroid dienone is 4. The van der Waals surface area contributed by atoms with Gasteiger partial charge in [0.05, 0.1) is 34.4 Å². The van der Waals surface area contributed by atoms with Crippen molar-refractivity contribution in [2.75, 3.05) is 41.0 Å². The number of quaternary nitrogens is 1. The number of carbonyl (C=O) groups excluding carboxylic acids is 2. The van der Waals surface area contributed by atoms with Crippen molar-refractivity contribution >= 4 is 17.9 Å².